The van der Waals surface area contributed by atoms with Crippen molar-refractivity contribution in [3.8, 4) is 5.75 Å². The van der Waals surface area contributed by atoms with Gasteiger partial charge in [0.15, 0.2) is 17.6 Å². The number of benzene rings is 1. The van der Waals surface area contributed by atoms with Gasteiger partial charge in [0, 0.05) is 7.11 Å². The number of nitrogens with one attached hydrogen (secondary N) is 1. The Bertz CT molecular complexity index is 793. The number of carboxylic acid groups (broad SMARTS) is 1. The number of carbonyl (C=O) groups excluding carboxylic acids is 1. The van der Waals surface area contributed by atoms with E-state index >= 15 is 0 Å². The van der Waals surface area contributed by atoms with Gasteiger partial charge in [-0.1, -0.05) is 6.07 Å². The fourth-order valence-corrected chi connectivity index (χ4v) is 3.13. The van der Waals surface area contributed by atoms with Crippen LogP contribution in [-0.4, -0.2) is 36.2 Å². The molecule has 1 amide bonds. The fourth-order valence-electron chi connectivity index (χ4n) is 2.19. The number of hydrogen-bond donors (Lipinski definition) is 2. The first-order valence-corrected chi connectivity index (χ1v) is 8.01. The molecule has 2 aromatic rings. The lowest BCUT2D eigenvalue weighted by Gasteiger charge is -2.15. The van der Waals surface area contributed by atoms with Crippen molar-refractivity contribution in [1.82, 2.24) is 10.3 Å². The number of carboxylic acids is 1. The SMILES string of the molecule is COCc1nc(C)c(C(=O)NC(C(=O)O)c2ccc(OC)c(F)c2)s1. The highest BCUT2D eigenvalue weighted by atomic mass is 32.1. The molecule has 2 rings (SSSR count). The highest BCUT2D eigenvalue weighted by Crippen LogP contribution is 2.24. The van der Waals surface area contributed by atoms with Crippen LogP contribution in [0.2, 0.25) is 0 Å². The maximum atomic E-state index is 13.8. The Labute approximate surface area is 147 Å². The van der Waals surface area contributed by atoms with E-state index in [1.54, 1.807) is 6.92 Å². The molecule has 1 atom stereocenters. The zero-order valence-electron chi connectivity index (χ0n) is 13.8. The van der Waals surface area contributed by atoms with Gasteiger partial charge < -0.3 is 19.9 Å². The van der Waals surface area contributed by atoms with Gasteiger partial charge in [-0.05, 0) is 24.6 Å². The monoisotopic (exact) mass is 368 g/mol. The second kappa shape index (κ2) is 8.04. The van der Waals surface area contributed by atoms with Crippen LogP contribution < -0.4 is 10.1 Å². The Kier molecular flexibility index (Phi) is 6.05. The van der Waals surface area contributed by atoms with E-state index in [4.69, 9.17) is 9.47 Å². The number of aromatic nitrogens is 1. The molecule has 0 aliphatic heterocycles. The second-order valence-electron chi connectivity index (χ2n) is 5.09. The van der Waals surface area contributed by atoms with Crippen molar-refractivity contribution in [2.24, 2.45) is 0 Å². The number of methoxy groups -OCH3 is 2. The van der Waals surface area contributed by atoms with Crippen molar-refractivity contribution < 1.29 is 28.6 Å². The van der Waals surface area contributed by atoms with Crippen molar-refractivity contribution in [2.75, 3.05) is 14.2 Å². The molecule has 0 saturated carbocycles. The molecule has 2 N–H and O–H groups in total. The highest BCUT2D eigenvalue weighted by molar-refractivity contribution is 7.13. The second-order valence-corrected chi connectivity index (χ2v) is 6.18. The van der Waals surface area contributed by atoms with E-state index in [0.29, 0.717) is 10.7 Å². The molecular weight excluding hydrogens is 351 g/mol. The normalized spacial score (nSPS) is 11.8. The summed E-state index contributed by atoms with van der Waals surface area (Å²) in [7, 11) is 2.81. The third kappa shape index (κ3) is 4.31. The Balaban J connectivity index is 2.26. The molecule has 0 bridgehead atoms. The Morgan fingerprint density at radius 1 is 1.40 bits per heavy atom. The van der Waals surface area contributed by atoms with Gasteiger partial charge in [-0.2, -0.15) is 0 Å². The minimum atomic E-state index is -1.40. The maximum Gasteiger partial charge on any atom is 0.330 e. The van der Waals surface area contributed by atoms with E-state index in [-0.39, 0.29) is 22.8 Å². The minimum Gasteiger partial charge on any atom is -0.494 e. The van der Waals surface area contributed by atoms with Crippen LogP contribution in [0, 0.1) is 12.7 Å². The fraction of sp³-hybridized carbons (Fsp3) is 0.312. The molecule has 7 nitrogen and oxygen atoms in total. The van der Waals surface area contributed by atoms with E-state index in [1.165, 1.54) is 26.4 Å². The zero-order chi connectivity index (χ0) is 18.6. The first kappa shape index (κ1) is 18.8. The van der Waals surface area contributed by atoms with E-state index in [9.17, 15) is 19.1 Å². The maximum absolute atomic E-state index is 13.8. The van der Waals surface area contributed by atoms with Crippen molar-refractivity contribution in [3.63, 3.8) is 0 Å². The number of rotatable bonds is 7. The van der Waals surface area contributed by atoms with E-state index < -0.39 is 23.7 Å². The summed E-state index contributed by atoms with van der Waals surface area (Å²) < 4.78 is 23.6. The molecule has 1 aromatic heterocycles. The van der Waals surface area contributed by atoms with Crippen LogP contribution in [0.15, 0.2) is 18.2 Å². The topological polar surface area (TPSA) is 97.8 Å². The van der Waals surface area contributed by atoms with E-state index in [1.807, 2.05) is 0 Å². The molecule has 25 heavy (non-hydrogen) atoms. The van der Waals surface area contributed by atoms with Crippen molar-refractivity contribution in [1.29, 1.82) is 0 Å². The predicted octanol–water partition coefficient (Wildman–Crippen LogP) is 2.30. The molecule has 9 heteroatoms. The summed E-state index contributed by atoms with van der Waals surface area (Å²) >= 11 is 1.12. The third-order valence-electron chi connectivity index (χ3n) is 3.35. The Hall–Kier alpha value is -2.52. The molecular formula is C16H17FN2O5S. The Morgan fingerprint density at radius 3 is 2.68 bits per heavy atom. The summed E-state index contributed by atoms with van der Waals surface area (Å²) in [6.07, 6.45) is 0. The molecule has 0 fully saturated rings. The smallest absolute Gasteiger partial charge is 0.330 e. The van der Waals surface area contributed by atoms with Crippen LogP contribution in [0.4, 0.5) is 4.39 Å². The summed E-state index contributed by atoms with van der Waals surface area (Å²) in [5.41, 5.74) is 0.568. The van der Waals surface area contributed by atoms with Crippen molar-refractivity contribution in [2.45, 2.75) is 19.6 Å². The summed E-state index contributed by atoms with van der Waals surface area (Å²) in [5.74, 6) is -2.63. The highest BCUT2D eigenvalue weighted by Gasteiger charge is 2.26. The standard InChI is InChI=1S/C16H17FN2O5S/c1-8-14(25-12(18-8)7-23-2)15(20)19-13(16(21)22)9-4-5-11(24-3)10(17)6-9/h4-6,13H,7H2,1-3H3,(H,19,20)(H,21,22). The number of ether oxygens (including phenoxy) is 2. The molecule has 1 heterocycles. The van der Waals surface area contributed by atoms with Crippen LogP contribution in [0.3, 0.4) is 0 Å². The number of thiazole rings is 1. The van der Waals surface area contributed by atoms with Gasteiger partial charge in [0.25, 0.3) is 5.91 Å². The summed E-state index contributed by atoms with van der Waals surface area (Å²) in [4.78, 5) is 28.4. The van der Waals surface area contributed by atoms with Gasteiger partial charge in [-0.3, -0.25) is 4.79 Å². The average Bonchev–Trinajstić information content (AvgIpc) is 2.93. The van der Waals surface area contributed by atoms with Gasteiger partial charge in [0.2, 0.25) is 0 Å². The number of aliphatic carboxylic acids is 1. The van der Waals surface area contributed by atoms with Crippen LogP contribution in [0.5, 0.6) is 5.75 Å². The van der Waals surface area contributed by atoms with Gasteiger partial charge in [-0.15, -0.1) is 11.3 Å². The van der Waals surface area contributed by atoms with Crippen LogP contribution in [-0.2, 0) is 16.1 Å². The summed E-state index contributed by atoms with van der Waals surface area (Å²) in [6, 6.07) is 2.31. The number of aryl methyl sites for hydroxylation is 1. The number of halogens is 1. The van der Waals surface area contributed by atoms with Crippen LogP contribution >= 0.6 is 11.3 Å². The molecule has 0 aliphatic carbocycles. The number of amides is 1. The first-order valence-electron chi connectivity index (χ1n) is 7.19. The molecule has 0 spiro atoms. The summed E-state index contributed by atoms with van der Waals surface area (Å²) in [5, 5.41) is 12.4. The first-order chi connectivity index (χ1) is 11.9. The molecule has 0 radical (unpaired) electrons. The number of nitrogens with zero attached hydrogens (tertiary/aromatic N) is 1. The number of carbonyl (C=O) groups is 2. The van der Waals surface area contributed by atoms with Gasteiger partial charge in [-0.25, -0.2) is 14.2 Å². The molecule has 1 aromatic carbocycles. The van der Waals surface area contributed by atoms with Crippen LogP contribution in [0.1, 0.15) is 32.0 Å². The van der Waals surface area contributed by atoms with Gasteiger partial charge in [0.05, 0.1) is 19.4 Å². The zero-order valence-corrected chi connectivity index (χ0v) is 14.6. The van der Waals surface area contributed by atoms with Crippen LogP contribution in [0.25, 0.3) is 0 Å². The molecule has 1 unspecified atom stereocenters. The largest absolute Gasteiger partial charge is 0.494 e. The lowest BCUT2D eigenvalue weighted by molar-refractivity contribution is -0.139. The molecule has 0 saturated heterocycles. The molecule has 134 valence electrons. The average molecular weight is 368 g/mol. The van der Waals surface area contributed by atoms with E-state index in [2.05, 4.69) is 10.3 Å². The summed E-state index contributed by atoms with van der Waals surface area (Å²) in [6.45, 7) is 1.90. The van der Waals surface area contributed by atoms with Gasteiger partial charge >= 0.3 is 5.97 Å². The molecule has 0 aliphatic rings. The van der Waals surface area contributed by atoms with E-state index in [0.717, 1.165) is 17.4 Å². The third-order valence-corrected chi connectivity index (χ3v) is 4.48. The predicted molar refractivity (Wildman–Crippen MR) is 88.4 cm³/mol. The number of hydrogen-bond acceptors (Lipinski definition) is 6. The van der Waals surface area contributed by atoms with Crippen molar-refractivity contribution >= 4 is 23.2 Å². The Morgan fingerprint density at radius 2 is 2.12 bits per heavy atom. The minimum absolute atomic E-state index is 0.0123. The quantitative estimate of drug-likeness (QED) is 0.778. The van der Waals surface area contributed by atoms with Gasteiger partial charge in [0.1, 0.15) is 9.88 Å². The lowest BCUT2D eigenvalue weighted by atomic mass is 10.1. The van der Waals surface area contributed by atoms with Crippen molar-refractivity contribution in [3.05, 3.63) is 45.2 Å². The lowest BCUT2D eigenvalue weighted by Crippen LogP contribution is -2.33.